The van der Waals surface area contributed by atoms with Gasteiger partial charge in [0.05, 0.1) is 0 Å². The number of sulfonamides is 1. The van der Waals surface area contributed by atoms with Gasteiger partial charge in [-0.25, -0.2) is 12.7 Å². The molecule has 0 spiro atoms. The molecule has 0 bridgehead atoms. The Balaban J connectivity index is 1.55. The average Bonchev–Trinajstić information content (AvgIpc) is 3.60. The van der Waals surface area contributed by atoms with E-state index in [2.05, 4.69) is 86.7 Å². The van der Waals surface area contributed by atoms with Crippen LogP contribution in [0.1, 0.15) is 36.0 Å². The summed E-state index contributed by atoms with van der Waals surface area (Å²) in [4.78, 5) is 16.1. The van der Waals surface area contributed by atoms with Crippen molar-refractivity contribution in [3.63, 3.8) is 0 Å². The molecule has 214 valence electrons. The first kappa shape index (κ1) is 29.3. The van der Waals surface area contributed by atoms with Crippen molar-refractivity contribution in [1.29, 1.82) is 0 Å². The molecule has 0 radical (unpaired) electrons. The van der Waals surface area contributed by atoms with Crippen LogP contribution in [0.2, 0.25) is 14.8 Å². The standard InChI is InChI=1S/C25H26N9O2S.3CH3.Sn/c1-5-8-22-21(24-27-25(37(35,36)33(3)4)30-34(24)16(2)26-22)15-17-11-13-18(14-12-17)19-9-6-7-10-20(19)23-28-31-32-29-23;;;;/h6-7,9-14H,5,8,15H2,1-4H3;3*1H3;/q-1;;;;+1. The molecule has 0 saturated carbocycles. The summed E-state index contributed by atoms with van der Waals surface area (Å²) < 4.78 is 30.3. The Labute approximate surface area is 244 Å². The molecule has 0 saturated heterocycles. The molecular weight excluding hydrogens is 645 g/mol. The van der Waals surface area contributed by atoms with Gasteiger partial charge < -0.3 is 0 Å². The molecule has 0 aliphatic rings. The van der Waals surface area contributed by atoms with E-state index in [9.17, 15) is 8.42 Å². The number of fused-ring (bicyclic) bond motifs is 1. The molecule has 5 rings (SSSR count). The van der Waals surface area contributed by atoms with Gasteiger partial charge in [-0.2, -0.15) is 0 Å². The van der Waals surface area contributed by atoms with Crippen molar-refractivity contribution in [1.82, 2.24) is 42.3 Å². The van der Waals surface area contributed by atoms with Crippen LogP contribution in [-0.2, 0) is 22.9 Å². The van der Waals surface area contributed by atoms with E-state index < -0.39 is 28.7 Å². The van der Waals surface area contributed by atoms with Crippen molar-refractivity contribution in [3.05, 3.63) is 71.2 Å². The fourth-order valence-electron chi connectivity index (χ4n) is 4.79. The van der Waals surface area contributed by atoms with Crippen LogP contribution in [-0.4, -0.2) is 83.5 Å². The molecule has 13 heteroatoms. The predicted octanol–water partition coefficient (Wildman–Crippen LogP) is 4.23. The average molecular weight is 680 g/mol. The molecule has 3 heterocycles. The summed E-state index contributed by atoms with van der Waals surface area (Å²) in [6.07, 6.45) is 2.21. The predicted molar refractivity (Wildman–Crippen MR) is 161 cm³/mol. The van der Waals surface area contributed by atoms with Crippen molar-refractivity contribution in [2.75, 3.05) is 14.1 Å². The fourth-order valence-corrected chi connectivity index (χ4v) is 8.67. The van der Waals surface area contributed by atoms with Crippen molar-refractivity contribution < 1.29 is 8.42 Å². The van der Waals surface area contributed by atoms with Crippen molar-refractivity contribution >= 4 is 34.3 Å². The summed E-state index contributed by atoms with van der Waals surface area (Å²) >= 11 is -2.61. The number of aromatic nitrogens is 8. The Bertz CT molecular complexity index is 1820. The summed E-state index contributed by atoms with van der Waals surface area (Å²) in [5.74, 6) is 1.41. The van der Waals surface area contributed by atoms with Gasteiger partial charge in [0, 0.05) is 14.1 Å². The van der Waals surface area contributed by atoms with Crippen LogP contribution in [0.25, 0.3) is 28.2 Å². The second-order valence-electron chi connectivity index (χ2n) is 11.3. The zero-order valence-electron chi connectivity index (χ0n) is 24.5. The molecule has 0 fully saturated rings. The maximum atomic E-state index is 12.8. The Morgan fingerprint density at radius 1 is 0.951 bits per heavy atom. The van der Waals surface area contributed by atoms with Crippen molar-refractivity contribution in [3.8, 4) is 22.5 Å². The monoisotopic (exact) mass is 681 g/mol. The van der Waals surface area contributed by atoms with Crippen LogP contribution in [0.3, 0.4) is 0 Å². The van der Waals surface area contributed by atoms with Crippen molar-refractivity contribution in [2.45, 2.75) is 53.1 Å². The molecule has 0 atom stereocenters. The van der Waals surface area contributed by atoms with E-state index >= 15 is 0 Å². The SMILES string of the molecule is CCCc1nc(C)n2nc(S(=O)(=O)N(C)C)nc2c1Cc1ccc(-c2ccccc2-c2nnn[n]2[Sn]([CH3])([CH3])[CH3])cc1. The maximum absolute atomic E-state index is 12.8. The van der Waals surface area contributed by atoms with Crippen LogP contribution in [0.4, 0.5) is 0 Å². The number of nitrogens with zero attached hydrogens (tertiary/aromatic N) is 9. The molecule has 2 aromatic carbocycles. The summed E-state index contributed by atoms with van der Waals surface area (Å²) in [7, 11) is -0.843. The van der Waals surface area contributed by atoms with E-state index in [4.69, 9.17) is 4.98 Å². The second kappa shape index (κ2) is 11.2. The quantitative estimate of drug-likeness (QED) is 0.212. The first-order valence-electron chi connectivity index (χ1n) is 13.6. The fraction of sp³-hybridized carbons (Fsp3) is 0.357. The third-order valence-electron chi connectivity index (χ3n) is 6.93. The number of benzene rings is 2. The third kappa shape index (κ3) is 5.64. The Morgan fingerprint density at radius 2 is 1.63 bits per heavy atom. The summed E-state index contributed by atoms with van der Waals surface area (Å²) in [6, 6.07) is 16.6. The van der Waals surface area contributed by atoms with Gasteiger partial charge in [-0.05, 0) is 6.92 Å². The first-order chi connectivity index (χ1) is 19.4. The van der Waals surface area contributed by atoms with Crippen LogP contribution in [0.15, 0.2) is 53.7 Å². The van der Waals surface area contributed by atoms with Gasteiger partial charge in [-0.1, -0.05) is 13.3 Å². The van der Waals surface area contributed by atoms with Crippen LogP contribution in [0.5, 0.6) is 0 Å². The summed E-state index contributed by atoms with van der Waals surface area (Å²) in [5, 5.41) is 16.8. The zero-order chi connectivity index (χ0) is 29.5. The first-order valence-corrected chi connectivity index (χ1v) is 24.8. The number of rotatable bonds is 9. The number of hydrogen-bond acceptors (Lipinski definition) is 8. The summed E-state index contributed by atoms with van der Waals surface area (Å²) in [5.41, 5.74) is 6.51. The number of hydrogen-bond donors (Lipinski definition) is 0. The summed E-state index contributed by atoms with van der Waals surface area (Å²) in [6.45, 7) is 3.92. The van der Waals surface area contributed by atoms with E-state index in [0.29, 0.717) is 17.9 Å². The van der Waals surface area contributed by atoms with Gasteiger partial charge in [-0.15, -0.1) is 5.10 Å². The second-order valence-corrected chi connectivity index (χ2v) is 26.9. The topological polar surface area (TPSA) is 124 Å². The van der Waals surface area contributed by atoms with E-state index in [-0.39, 0.29) is 5.16 Å². The molecule has 0 unspecified atom stereocenters. The third-order valence-corrected chi connectivity index (χ3v) is 13.0. The molecule has 3 aromatic heterocycles. The zero-order valence-corrected chi connectivity index (χ0v) is 28.2. The van der Waals surface area contributed by atoms with Gasteiger partial charge >= 0.3 is 173 Å². The number of aryl methyl sites for hydroxylation is 2. The minimum absolute atomic E-state index is 0.225. The van der Waals surface area contributed by atoms with E-state index in [1.807, 2.05) is 19.1 Å². The molecule has 11 nitrogen and oxygen atoms in total. The van der Waals surface area contributed by atoms with Gasteiger partial charge in [0.15, 0.2) is 0 Å². The minimum atomic E-state index is -3.79. The molecule has 0 amide bonds. The van der Waals surface area contributed by atoms with Crippen molar-refractivity contribution in [2.24, 2.45) is 0 Å². The molecule has 0 N–H and O–H groups in total. The Hall–Kier alpha value is -3.23. The van der Waals surface area contributed by atoms with Gasteiger partial charge in [-0.3, -0.25) is 0 Å². The molecule has 0 aliphatic carbocycles. The number of tetrazole rings is 1. The molecule has 5 aromatic rings. The van der Waals surface area contributed by atoms with Gasteiger partial charge in [0.1, 0.15) is 5.82 Å². The normalized spacial score (nSPS) is 12.5. The molecule has 41 heavy (non-hydrogen) atoms. The van der Waals surface area contributed by atoms with Crippen LogP contribution >= 0.6 is 0 Å². The van der Waals surface area contributed by atoms with E-state index in [1.165, 1.54) is 14.1 Å². The van der Waals surface area contributed by atoms with Gasteiger partial charge in [0.25, 0.3) is 15.2 Å². The molecular formula is C28H35N9O2SSn. The Kier molecular flexibility index (Phi) is 8.00. The van der Waals surface area contributed by atoms with Crippen LogP contribution < -0.4 is 0 Å². The Morgan fingerprint density at radius 3 is 2.27 bits per heavy atom. The molecule has 0 aliphatic heterocycles. The van der Waals surface area contributed by atoms with Crippen LogP contribution in [0, 0.1) is 6.92 Å². The van der Waals surface area contributed by atoms with E-state index in [0.717, 1.165) is 56.5 Å². The van der Waals surface area contributed by atoms with E-state index in [1.54, 1.807) is 4.52 Å². The van der Waals surface area contributed by atoms with Gasteiger partial charge in [0.2, 0.25) is 0 Å².